The molecule has 2 aromatic heterocycles. The molecule has 0 saturated heterocycles. The topological polar surface area (TPSA) is 73.8 Å². The fourth-order valence-electron chi connectivity index (χ4n) is 3.05. The minimum absolute atomic E-state index is 0.199. The molecular formula is C17H18N4O. The molecule has 1 saturated carbocycles. The van der Waals surface area contributed by atoms with E-state index in [9.17, 15) is 5.11 Å². The van der Waals surface area contributed by atoms with E-state index in [-0.39, 0.29) is 12.1 Å². The summed E-state index contributed by atoms with van der Waals surface area (Å²) < 4.78 is 0. The minimum Gasteiger partial charge on any atom is -0.393 e. The Balaban J connectivity index is 1.74. The van der Waals surface area contributed by atoms with Crippen LogP contribution >= 0.6 is 0 Å². The Kier molecular flexibility index (Phi) is 3.27. The second-order valence-corrected chi connectivity index (χ2v) is 5.81. The summed E-state index contributed by atoms with van der Waals surface area (Å²) >= 11 is 0. The molecule has 22 heavy (non-hydrogen) atoms. The lowest BCUT2D eigenvalue weighted by atomic mass is 10.2. The van der Waals surface area contributed by atoms with Gasteiger partial charge in [0.05, 0.1) is 11.5 Å². The van der Waals surface area contributed by atoms with Crippen LogP contribution in [-0.2, 0) is 0 Å². The van der Waals surface area contributed by atoms with E-state index in [2.05, 4.69) is 15.3 Å². The van der Waals surface area contributed by atoms with Crippen molar-refractivity contribution >= 4 is 16.9 Å². The number of aromatic amines is 1. The molecule has 2 heterocycles. The Morgan fingerprint density at radius 2 is 1.95 bits per heavy atom. The number of hydrogen-bond acceptors (Lipinski definition) is 4. The highest BCUT2D eigenvalue weighted by atomic mass is 16.3. The number of H-pyrrole nitrogens is 1. The molecule has 2 atom stereocenters. The summed E-state index contributed by atoms with van der Waals surface area (Å²) in [4.78, 5) is 12.5. The first-order valence-corrected chi connectivity index (χ1v) is 7.65. The molecule has 5 nitrogen and oxygen atoms in total. The Morgan fingerprint density at radius 1 is 1.09 bits per heavy atom. The van der Waals surface area contributed by atoms with Crippen molar-refractivity contribution in [3.63, 3.8) is 0 Å². The van der Waals surface area contributed by atoms with Crippen molar-refractivity contribution in [2.24, 2.45) is 0 Å². The second-order valence-electron chi connectivity index (χ2n) is 5.81. The van der Waals surface area contributed by atoms with E-state index in [4.69, 9.17) is 4.98 Å². The van der Waals surface area contributed by atoms with Crippen LogP contribution in [0.5, 0.6) is 0 Å². The maximum Gasteiger partial charge on any atom is 0.163 e. The fourth-order valence-corrected chi connectivity index (χ4v) is 3.05. The molecule has 1 fully saturated rings. The van der Waals surface area contributed by atoms with Crippen LogP contribution in [0.4, 0.5) is 5.82 Å². The number of aliphatic hydroxyl groups excluding tert-OH is 1. The van der Waals surface area contributed by atoms with Gasteiger partial charge in [-0.15, -0.1) is 0 Å². The molecule has 0 radical (unpaired) electrons. The number of benzene rings is 1. The van der Waals surface area contributed by atoms with E-state index in [1.54, 1.807) is 0 Å². The van der Waals surface area contributed by atoms with Crippen molar-refractivity contribution in [1.82, 2.24) is 15.0 Å². The van der Waals surface area contributed by atoms with Gasteiger partial charge in [-0.1, -0.05) is 30.3 Å². The fraction of sp³-hybridized carbons (Fsp3) is 0.294. The highest BCUT2D eigenvalue weighted by molar-refractivity contribution is 5.88. The maximum atomic E-state index is 9.70. The molecule has 112 valence electrons. The molecule has 0 aliphatic heterocycles. The van der Waals surface area contributed by atoms with Gasteiger partial charge in [-0.25, -0.2) is 9.97 Å². The summed E-state index contributed by atoms with van der Waals surface area (Å²) in [5, 5.41) is 14.2. The van der Waals surface area contributed by atoms with Crippen molar-refractivity contribution in [2.75, 3.05) is 5.32 Å². The van der Waals surface area contributed by atoms with Crippen LogP contribution in [0.1, 0.15) is 19.3 Å². The number of anilines is 1. The monoisotopic (exact) mass is 294 g/mol. The normalized spacial score (nSPS) is 21.3. The molecule has 0 amide bonds. The summed E-state index contributed by atoms with van der Waals surface area (Å²) in [5.74, 6) is 1.54. The average molecular weight is 294 g/mol. The van der Waals surface area contributed by atoms with Crippen LogP contribution in [0.2, 0.25) is 0 Å². The van der Waals surface area contributed by atoms with E-state index in [0.29, 0.717) is 5.82 Å². The molecule has 1 aromatic carbocycles. The molecule has 1 aliphatic rings. The molecular weight excluding hydrogens is 276 g/mol. The van der Waals surface area contributed by atoms with E-state index < -0.39 is 0 Å². The molecule has 0 spiro atoms. The number of fused-ring (bicyclic) bond motifs is 1. The summed E-state index contributed by atoms with van der Waals surface area (Å²) in [6.45, 7) is 0. The van der Waals surface area contributed by atoms with Gasteiger partial charge in [-0.05, 0) is 25.3 Å². The first-order valence-electron chi connectivity index (χ1n) is 7.65. The van der Waals surface area contributed by atoms with Gasteiger partial charge in [0.25, 0.3) is 0 Å². The lowest BCUT2D eigenvalue weighted by Gasteiger charge is -2.14. The van der Waals surface area contributed by atoms with E-state index >= 15 is 0 Å². The van der Waals surface area contributed by atoms with Crippen LogP contribution in [0.15, 0.2) is 42.6 Å². The average Bonchev–Trinajstić information content (AvgIpc) is 3.17. The predicted octanol–water partition coefficient (Wildman–Crippen LogP) is 2.95. The van der Waals surface area contributed by atoms with E-state index in [1.165, 1.54) is 0 Å². The highest BCUT2D eigenvalue weighted by Crippen LogP contribution is 2.28. The zero-order valence-corrected chi connectivity index (χ0v) is 12.2. The number of aromatic nitrogens is 3. The van der Waals surface area contributed by atoms with Crippen molar-refractivity contribution in [3.05, 3.63) is 42.6 Å². The molecule has 4 rings (SSSR count). The molecule has 1 aliphatic carbocycles. The molecule has 0 unspecified atom stereocenters. The molecule has 3 N–H and O–H groups in total. The van der Waals surface area contributed by atoms with Gasteiger partial charge in [0.15, 0.2) is 5.82 Å². The minimum atomic E-state index is -0.199. The standard InChI is InChI=1S/C17H18N4O/c22-13-7-6-12(10-13)19-17-14-8-9-18-16(14)20-15(21-17)11-4-2-1-3-5-11/h1-5,8-9,12-13,22H,6-7,10H2,(H2,18,19,20,21)/t12-,13-/m1/s1. The predicted molar refractivity (Wildman–Crippen MR) is 86.6 cm³/mol. The first kappa shape index (κ1) is 13.3. The second kappa shape index (κ2) is 5.42. The van der Waals surface area contributed by atoms with Crippen LogP contribution in [0.3, 0.4) is 0 Å². The SMILES string of the molecule is O[C@@H]1CC[C@@H](Nc2nc(-c3ccccc3)nc3[nH]ccc23)C1. The third-order valence-corrected chi connectivity index (χ3v) is 4.19. The third kappa shape index (κ3) is 2.44. The quantitative estimate of drug-likeness (QED) is 0.694. The lowest BCUT2D eigenvalue weighted by Crippen LogP contribution is -2.18. The summed E-state index contributed by atoms with van der Waals surface area (Å²) in [7, 11) is 0. The molecule has 5 heteroatoms. The zero-order chi connectivity index (χ0) is 14.9. The zero-order valence-electron chi connectivity index (χ0n) is 12.2. The molecule has 0 bridgehead atoms. The molecule has 3 aromatic rings. The van der Waals surface area contributed by atoms with Gasteiger partial charge < -0.3 is 15.4 Å². The highest BCUT2D eigenvalue weighted by Gasteiger charge is 2.24. The number of aliphatic hydroxyl groups is 1. The van der Waals surface area contributed by atoms with Crippen molar-refractivity contribution in [1.29, 1.82) is 0 Å². The van der Waals surface area contributed by atoms with E-state index in [0.717, 1.165) is 41.7 Å². The van der Waals surface area contributed by atoms with Crippen molar-refractivity contribution in [2.45, 2.75) is 31.4 Å². The Bertz CT molecular complexity index is 784. The van der Waals surface area contributed by atoms with Crippen molar-refractivity contribution < 1.29 is 5.11 Å². The van der Waals surface area contributed by atoms with Crippen LogP contribution in [0, 0.1) is 0 Å². The summed E-state index contributed by atoms with van der Waals surface area (Å²) in [6.07, 6.45) is 4.27. The lowest BCUT2D eigenvalue weighted by molar-refractivity contribution is 0.182. The van der Waals surface area contributed by atoms with Gasteiger partial charge in [0, 0.05) is 17.8 Å². The van der Waals surface area contributed by atoms with E-state index in [1.807, 2.05) is 42.6 Å². The van der Waals surface area contributed by atoms with Gasteiger partial charge in [0.2, 0.25) is 0 Å². The van der Waals surface area contributed by atoms with Crippen LogP contribution in [-0.4, -0.2) is 32.2 Å². The Hall–Kier alpha value is -2.40. The summed E-state index contributed by atoms with van der Waals surface area (Å²) in [6, 6.07) is 12.2. The van der Waals surface area contributed by atoms with Crippen LogP contribution in [0.25, 0.3) is 22.4 Å². The largest absolute Gasteiger partial charge is 0.393 e. The maximum absolute atomic E-state index is 9.70. The Labute approximate surface area is 128 Å². The smallest absolute Gasteiger partial charge is 0.163 e. The number of nitrogens with zero attached hydrogens (tertiary/aromatic N) is 2. The number of nitrogens with one attached hydrogen (secondary N) is 2. The summed E-state index contributed by atoms with van der Waals surface area (Å²) in [5.41, 5.74) is 1.82. The van der Waals surface area contributed by atoms with Gasteiger partial charge in [0.1, 0.15) is 11.5 Å². The number of hydrogen-bond donors (Lipinski definition) is 3. The van der Waals surface area contributed by atoms with Gasteiger partial charge >= 0.3 is 0 Å². The Morgan fingerprint density at radius 3 is 2.73 bits per heavy atom. The van der Waals surface area contributed by atoms with Crippen LogP contribution < -0.4 is 5.32 Å². The third-order valence-electron chi connectivity index (χ3n) is 4.19. The first-order chi connectivity index (χ1) is 10.8. The number of rotatable bonds is 3. The van der Waals surface area contributed by atoms with Crippen molar-refractivity contribution in [3.8, 4) is 11.4 Å². The van der Waals surface area contributed by atoms with Gasteiger partial charge in [-0.3, -0.25) is 0 Å². The van der Waals surface area contributed by atoms with Gasteiger partial charge in [-0.2, -0.15) is 0 Å².